The summed E-state index contributed by atoms with van der Waals surface area (Å²) in [7, 11) is 1.61. The number of nitrogens with zero attached hydrogens (tertiary/aromatic N) is 2. The highest BCUT2D eigenvalue weighted by atomic mass is 35.5. The Balaban J connectivity index is 1.62. The van der Waals surface area contributed by atoms with Crippen LogP contribution in [0.5, 0.6) is 5.75 Å². The molecule has 0 spiro atoms. The van der Waals surface area contributed by atoms with E-state index in [4.69, 9.17) is 16.3 Å². The number of halogens is 2. The maximum absolute atomic E-state index is 14.8. The first-order valence-corrected chi connectivity index (χ1v) is 10.6. The predicted molar refractivity (Wildman–Crippen MR) is 119 cm³/mol. The normalized spacial score (nSPS) is 13.5. The molecule has 0 N–H and O–H groups in total. The molecule has 5 rings (SSSR count). The van der Waals surface area contributed by atoms with Gasteiger partial charge in [-0.3, -0.25) is 9.48 Å². The molecule has 1 aliphatic rings. The van der Waals surface area contributed by atoms with Gasteiger partial charge in [0.1, 0.15) is 22.8 Å². The van der Waals surface area contributed by atoms with Crippen LogP contribution in [-0.2, 0) is 6.54 Å². The second kappa shape index (κ2) is 7.82. The van der Waals surface area contributed by atoms with Crippen molar-refractivity contribution in [1.82, 2.24) is 9.78 Å². The van der Waals surface area contributed by atoms with Crippen LogP contribution in [0, 0.1) is 5.82 Å². The highest BCUT2D eigenvalue weighted by molar-refractivity contribution is 6.35. The Hall–Kier alpha value is -3.18. The number of benzene rings is 3. The Kier molecular flexibility index (Phi) is 4.98. The summed E-state index contributed by atoms with van der Waals surface area (Å²) in [4.78, 5) is 13.6. The maximum atomic E-state index is 14.8. The molecule has 156 valence electrons. The topological polar surface area (TPSA) is 44.1 Å². The Bertz CT molecular complexity index is 1290. The number of fused-ring (bicyclic) bond motifs is 1. The first-order chi connectivity index (χ1) is 15.1. The molecule has 0 radical (unpaired) electrons. The monoisotopic (exact) mass is 434 g/mol. The van der Waals surface area contributed by atoms with Crippen LogP contribution in [0.15, 0.2) is 60.7 Å². The van der Waals surface area contributed by atoms with Gasteiger partial charge in [0.2, 0.25) is 5.78 Å². The summed E-state index contributed by atoms with van der Waals surface area (Å²) < 4.78 is 21.6. The van der Waals surface area contributed by atoms with Crippen LogP contribution in [0.3, 0.4) is 0 Å². The third-order valence-electron chi connectivity index (χ3n) is 5.72. The number of ketones is 1. The van der Waals surface area contributed by atoms with E-state index in [2.05, 4.69) is 5.10 Å². The summed E-state index contributed by atoms with van der Waals surface area (Å²) in [5.74, 6) is 0.403. The van der Waals surface area contributed by atoms with Gasteiger partial charge in [0.05, 0.1) is 18.7 Å². The second-order valence-corrected chi connectivity index (χ2v) is 8.20. The van der Waals surface area contributed by atoms with Crippen molar-refractivity contribution in [3.8, 4) is 5.75 Å². The van der Waals surface area contributed by atoms with Crippen LogP contribution in [0.4, 0.5) is 4.39 Å². The van der Waals surface area contributed by atoms with Crippen molar-refractivity contribution < 1.29 is 13.9 Å². The molecular formula is C25H20ClFN2O2. The number of hydrogen-bond donors (Lipinski definition) is 0. The molecule has 31 heavy (non-hydrogen) atoms. The number of rotatable bonds is 6. The van der Waals surface area contributed by atoms with E-state index in [1.165, 1.54) is 6.07 Å². The van der Waals surface area contributed by atoms with Crippen molar-refractivity contribution >= 4 is 28.3 Å². The summed E-state index contributed by atoms with van der Waals surface area (Å²) in [5.41, 5.74) is 2.88. The van der Waals surface area contributed by atoms with Crippen LogP contribution < -0.4 is 4.74 Å². The number of ether oxygens (including phenoxy) is 1. The third-order valence-corrected chi connectivity index (χ3v) is 6.03. The molecule has 1 saturated carbocycles. The molecule has 6 heteroatoms. The summed E-state index contributed by atoms with van der Waals surface area (Å²) >= 11 is 6.45. The first-order valence-electron chi connectivity index (χ1n) is 10.2. The summed E-state index contributed by atoms with van der Waals surface area (Å²) in [6, 6.07) is 17.7. The maximum Gasteiger partial charge on any atom is 0.215 e. The molecule has 4 nitrogen and oxygen atoms in total. The molecule has 1 heterocycles. The van der Waals surface area contributed by atoms with Gasteiger partial charge in [0.15, 0.2) is 0 Å². The van der Waals surface area contributed by atoms with Crippen LogP contribution in [0.25, 0.3) is 10.9 Å². The Morgan fingerprint density at radius 1 is 1.13 bits per heavy atom. The largest absolute Gasteiger partial charge is 0.497 e. The van der Waals surface area contributed by atoms with Gasteiger partial charge in [-0.05, 0) is 54.2 Å². The SMILES string of the molecule is COc1ccc(Cn2nc(C(=O)c3c(Cl)cccc3C3CC3)c3cccc(F)c32)cc1. The molecule has 0 saturated heterocycles. The zero-order valence-electron chi connectivity index (χ0n) is 16.9. The minimum Gasteiger partial charge on any atom is -0.497 e. The van der Waals surface area contributed by atoms with Crippen molar-refractivity contribution in [2.75, 3.05) is 7.11 Å². The molecule has 0 unspecified atom stereocenters. The molecule has 1 fully saturated rings. The summed E-state index contributed by atoms with van der Waals surface area (Å²) in [6.07, 6.45) is 2.09. The van der Waals surface area contributed by atoms with Gasteiger partial charge in [0, 0.05) is 10.9 Å². The Labute approximate surface area is 184 Å². The average Bonchev–Trinajstić information content (AvgIpc) is 3.56. The molecule has 3 aromatic carbocycles. The highest BCUT2D eigenvalue weighted by Gasteiger charge is 2.31. The quantitative estimate of drug-likeness (QED) is 0.350. The summed E-state index contributed by atoms with van der Waals surface area (Å²) in [6.45, 7) is 0.326. The number of para-hydroxylation sites is 1. The van der Waals surface area contributed by atoms with Crippen LogP contribution in [-0.4, -0.2) is 22.7 Å². The third kappa shape index (κ3) is 3.59. The van der Waals surface area contributed by atoms with Crippen molar-refractivity contribution in [2.45, 2.75) is 25.3 Å². The molecule has 4 aromatic rings. The van der Waals surface area contributed by atoms with Crippen molar-refractivity contribution in [2.24, 2.45) is 0 Å². The number of aromatic nitrogens is 2. The van der Waals surface area contributed by atoms with Crippen molar-refractivity contribution in [3.05, 3.63) is 93.9 Å². The van der Waals surface area contributed by atoms with Gasteiger partial charge in [-0.1, -0.05) is 48.0 Å². The standard InChI is InChI=1S/C25H20ClFN2O2/c1-31-17-12-8-15(9-13-17)14-29-24-19(5-3-7-21(24)27)23(28-29)25(30)22-18(16-10-11-16)4-2-6-20(22)26/h2-9,12-13,16H,10-11,14H2,1H3. The zero-order valence-corrected chi connectivity index (χ0v) is 17.7. The smallest absolute Gasteiger partial charge is 0.215 e. The summed E-state index contributed by atoms with van der Waals surface area (Å²) in [5, 5.41) is 5.46. The molecular weight excluding hydrogens is 415 g/mol. The fourth-order valence-electron chi connectivity index (χ4n) is 4.01. The van der Waals surface area contributed by atoms with Crippen LogP contribution in [0.1, 0.15) is 45.9 Å². The van der Waals surface area contributed by atoms with Gasteiger partial charge in [-0.25, -0.2) is 4.39 Å². The van der Waals surface area contributed by atoms with Gasteiger partial charge in [-0.15, -0.1) is 0 Å². The predicted octanol–water partition coefficient (Wildman–Crippen LogP) is 5.99. The number of hydrogen-bond acceptors (Lipinski definition) is 3. The lowest BCUT2D eigenvalue weighted by molar-refractivity contribution is 0.103. The fourth-order valence-corrected chi connectivity index (χ4v) is 4.28. The van der Waals surface area contributed by atoms with E-state index in [0.717, 1.165) is 29.7 Å². The Morgan fingerprint density at radius 3 is 2.58 bits per heavy atom. The van der Waals surface area contributed by atoms with Crippen molar-refractivity contribution in [1.29, 1.82) is 0 Å². The van der Waals surface area contributed by atoms with E-state index < -0.39 is 5.82 Å². The molecule has 0 aliphatic heterocycles. The van der Waals surface area contributed by atoms with E-state index in [0.29, 0.717) is 34.0 Å². The van der Waals surface area contributed by atoms with Crippen molar-refractivity contribution in [3.63, 3.8) is 0 Å². The lowest BCUT2D eigenvalue weighted by Crippen LogP contribution is -2.09. The van der Waals surface area contributed by atoms with E-state index in [1.54, 1.807) is 30.0 Å². The first kappa shape index (κ1) is 19.8. The lowest BCUT2D eigenvalue weighted by atomic mass is 9.97. The lowest BCUT2D eigenvalue weighted by Gasteiger charge is -2.09. The van der Waals surface area contributed by atoms with E-state index in [9.17, 15) is 9.18 Å². The fraction of sp³-hybridized carbons (Fsp3) is 0.200. The average molecular weight is 435 g/mol. The molecule has 1 aliphatic carbocycles. The molecule has 0 bridgehead atoms. The Morgan fingerprint density at radius 2 is 1.87 bits per heavy atom. The molecule has 0 atom stereocenters. The van der Waals surface area contributed by atoms with Gasteiger partial charge >= 0.3 is 0 Å². The molecule has 1 aromatic heterocycles. The number of carbonyl (C=O) groups excluding carboxylic acids is 1. The number of carbonyl (C=O) groups is 1. The minimum atomic E-state index is -0.417. The van der Waals surface area contributed by atoms with E-state index in [1.807, 2.05) is 36.4 Å². The molecule has 0 amide bonds. The highest BCUT2D eigenvalue weighted by Crippen LogP contribution is 2.44. The second-order valence-electron chi connectivity index (χ2n) is 7.80. The van der Waals surface area contributed by atoms with Gasteiger partial charge in [0.25, 0.3) is 0 Å². The van der Waals surface area contributed by atoms with Crippen LogP contribution >= 0.6 is 11.6 Å². The van der Waals surface area contributed by atoms with Gasteiger partial charge in [-0.2, -0.15) is 5.10 Å². The minimum absolute atomic E-state index is 0.220. The number of methoxy groups -OCH3 is 1. The van der Waals surface area contributed by atoms with E-state index in [-0.39, 0.29) is 11.5 Å². The van der Waals surface area contributed by atoms with E-state index >= 15 is 0 Å². The van der Waals surface area contributed by atoms with Crippen LogP contribution in [0.2, 0.25) is 5.02 Å². The van der Waals surface area contributed by atoms with Gasteiger partial charge < -0.3 is 4.74 Å². The zero-order chi connectivity index (χ0) is 21.5.